The third-order valence-corrected chi connectivity index (χ3v) is 1.25. The van der Waals surface area contributed by atoms with Crippen LogP contribution in [0.4, 0.5) is 0 Å². The molecule has 0 radical (unpaired) electrons. The predicted octanol–water partition coefficient (Wildman–Crippen LogP) is 1.72. The van der Waals surface area contributed by atoms with Gasteiger partial charge in [0, 0.05) is 7.11 Å². The van der Waals surface area contributed by atoms with Crippen molar-refractivity contribution in [2.24, 2.45) is 0 Å². The summed E-state index contributed by atoms with van der Waals surface area (Å²) in [6.07, 6.45) is 2.88. The molecule has 2 nitrogen and oxygen atoms in total. The molecule has 0 aliphatic carbocycles. The summed E-state index contributed by atoms with van der Waals surface area (Å²) in [5, 5.41) is 8.38. The molecule has 52 valence electrons. The Morgan fingerprint density at radius 1 is 1.67 bits per heavy atom. The lowest BCUT2D eigenvalue weighted by Crippen LogP contribution is -2.05. The van der Waals surface area contributed by atoms with Crippen LogP contribution in [0.2, 0.25) is 0 Å². The van der Waals surface area contributed by atoms with Gasteiger partial charge in [0.05, 0.1) is 6.07 Å². The Morgan fingerprint density at radius 2 is 2.33 bits per heavy atom. The van der Waals surface area contributed by atoms with Crippen LogP contribution >= 0.6 is 0 Å². The Morgan fingerprint density at radius 3 is 2.67 bits per heavy atom. The van der Waals surface area contributed by atoms with Crippen LogP contribution in [0.1, 0.15) is 26.2 Å². The first-order valence-electron chi connectivity index (χ1n) is 3.27. The van der Waals surface area contributed by atoms with Gasteiger partial charge in [-0.15, -0.1) is 0 Å². The molecule has 0 N–H and O–H groups in total. The highest BCUT2D eigenvalue weighted by Crippen LogP contribution is 2.01. The van der Waals surface area contributed by atoms with Gasteiger partial charge in [-0.3, -0.25) is 0 Å². The summed E-state index contributed by atoms with van der Waals surface area (Å²) >= 11 is 0. The Hall–Kier alpha value is -0.550. The molecule has 0 amide bonds. The van der Waals surface area contributed by atoms with E-state index in [-0.39, 0.29) is 6.10 Å². The first-order chi connectivity index (χ1) is 4.35. The second kappa shape index (κ2) is 5.58. The Kier molecular flexibility index (Phi) is 5.24. The van der Waals surface area contributed by atoms with Crippen molar-refractivity contribution in [2.45, 2.75) is 32.3 Å². The third kappa shape index (κ3) is 3.99. The summed E-state index contributed by atoms with van der Waals surface area (Å²) in [4.78, 5) is 0. The zero-order valence-corrected chi connectivity index (χ0v) is 6.05. The highest BCUT2D eigenvalue weighted by atomic mass is 16.5. The van der Waals surface area contributed by atoms with E-state index in [9.17, 15) is 0 Å². The summed E-state index contributed by atoms with van der Waals surface area (Å²) in [7, 11) is 1.57. The summed E-state index contributed by atoms with van der Waals surface area (Å²) < 4.78 is 4.84. The van der Waals surface area contributed by atoms with E-state index in [1.165, 1.54) is 0 Å². The van der Waals surface area contributed by atoms with Gasteiger partial charge in [0.2, 0.25) is 0 Å². The molecule has 0 saturated carbocycles. The van der Waals surface area contributed by atoms with Gasteiger partial charge in [-0.2, -0.15) is 5.26 Å². The lowest BCUT2D eigenvalue weighted by molar-refractivity contribution is 0.137. The molecule has 0 fully saturated rings. The molecule has 0 aromatic rings. The maximum Gasteiger partial charge on any atom is 0.143 e. The van der Waals surface area contributed by atoms with E-state index in [2.05, 4.69) is 13.0 Å². The summed E-state index contributed by atoms with van der Waals surface area (Å²) in [5.74, 6) is 0. The molecule has 0 saturated heterocycles. The molecule has 0 aliphatic rings. The molecule has 0 rings (SSSR count). The zero-order chi connectivity index (χ0) is 7.11. The van der Waals surface area contributed by atoms with Gasteiger partial charge in [-0.1, -0.05) is 19.8 Å². The first kappa shape index (κ1) is 8.45. The Bertz CT molecular complexity index is 95.6. The number of nitriles is 1. The van der Waals surface area contributed by atoms with Gasteiger partial charge in [0.25, 0.3) is 0 Å². The van der Waals surface area contributed by atoms with E-state index >= 15 is 0 Å². The normalized spacial score (nSPS) is 12.6. The van der Waals surface area contributed by atoms with Gasteiger partial charge >= 0.3 is 0 Å². The minimum atomic E-state index is -0.190. The fraction of sp³-hybridized carbons (Fsp3) is 0.857. The Balaban J connectivity index is 3.23. The van der Waals surface area contributed by atoms with Crippen LogP contribution in [0.25, 0.3) is 0 Å². The number of hydrogen-bond acceptors (Lipinski definition) is 2. The summed E-state index contributed by atoms with van der Waals surface area (Å²) in [6, 6.07) is 2.06. The van der Waals surface area contributed by atoms with Crippen molar-refractivity contribution in [3.63, 3.8) is 0 Å². The van der Waals surface area contributed by atoms with Gasteiger partial charge < -0.3 is 4.74 Å². The fourth-order valence-corrected chi connectivity index (χ4v) is 0.625. The Labute approximate surface area is 56.4 Å². The first-order valence-corrected chi connectivity index (χ1v) is 3.27. The van der Waals surface area contributed by atoms with Gasteiger partial charge in [-0.25, -0.2) is 0 Å². The topological polar surface area (TPSA) is 33.0 Å². The summed E-state index contributed by atoms with van der Waals surface area (Å²) in [5.41, 5.74) is 0. The van der Waals surface area contributed by atoms with Crippen molar-refractivity contribution < 1.29 is 4.74 Å². The monoisotopic (exact) mass is 127 g/mol. The van der Waals surface area contributed by atoms with Gasteiger partial charge in [-0.05, 0) is 6.42 Å². The highest BCUT2D eigenvalue weighted by Gasteiger charge is 2.01. The van der Waals surface area contributed by atoms with Crippen molar-refractivity contribution in [1.29, 1.82) is 5.26 Å². The van der Waals surface area contributed by atoms with Crippen molar-refractivity contribution in [2.75, 3.05) is 7.11 Å². The number of methoxy groups -OCH3 is 1. The van der Waals surface area contributed by atoms with Crippen LogP contribution in [0, 0.1) is 11.3 Å². The molecule has 0 bridgehead atoms. The second-order valence-electron chi connectivity index (χ2n) is 2.00. The van der Waals surface area contributed by atoms with Crippen LogP contribution in [-0.2, 0) is 4.74 Å². The number of ether oxygens (including phenoxy) is 1. The van der Waals surface area contributed by atoms with Crippen molar-refractivity contribution in [3.8, 4) is 6.07 Å². The van der Waals surface area contributed by atoms with Gasteiger partial charge in [0.15, 0.2) is 0 Å². The van der Waals surface area contributed by atoms with E-state index < -0.39 is 0 Å². The van der Waals surface area contributed by atoms with Crippen LogP contribution < -0.4 is 0 Å². The average molecular weight is 127 g/mol. The van der Waals surface area contributed by atoms with E-state index in [1.807, 2.05) is 0 Å². The minimum absolute atomic E-state index is 0.190. The van der Waals surface area contributed by atoms with Crippen LogP contribution in [-0.4, -0.2) is 13.2 Å². The van der Waals surface area contributed by atoms with Crippen LogP contribution in [0.3, 0.4) is 0 Å². The van der Waals surface area contributed by atoms with Crippen molar-refractivity contribution in [3.05, 3.63) is 0 Å². The maximum absolute atomic E-state index is 8.38. The van der Waals surface area contributed by atoms with Crippen LogP contribution in [0.5, 0.6) is 0 Å². The SMILES string of the molecule is CCCCC(C#N)OC. The largest absolute Gasteiger partial charge is 0.367 e. The molecule has 1 atom stereocenters. The standard InChI is InChI=1S/C7H13NO/c1-3-4-5-7(6-8)9-2/h7H,3-5H2,1-2H3. The van der Waals surface area contributed by atoms with E-state index in [4.69, 9.17) is 10.00 Å². The number of rotatable bonds is 4. The quantitative estimate of drug-likeness (QED) is 0.576. The van der Waals surface area contributed by atoms with Crippen molar-refractivity contribution >= 4 is 0 Å². The smallest absolute Gasteiger partial charge is 0.143 e. The molecule has 0 aromatic heterocycles. The molecule has 2 heteroatoms. The average Bonchev–Trinajstić information content (AvgIpc) is 1.91. The predicted molar refractivity (Wildman–Crippen MR) is 35.9 cm³/mol. The minimum Gasteiger partial charge on any atom is -0.367 e. The van der Waals surface area contributed by atoms with E-state index in [0.29, 0.717) is 0 Å². The molecule has 0 heterocycles. The number of hydrogen-bond donors (Lipinski definition) is 0. The number of unbranched alkanes of at least 4 members (excludes halogenated alkanes) is 1. The highest BCUT2D eigenvalue weighted by molar-refractivity contribution is 4.82. The second-order valence-corrected chi connectivity index (χ2v) is 2.00. The molecule has 0 aromatic carbocycles. The summed E-state index contributed by atoms with van der Waals surface area (Å²) in [6.45, 7) is 2.10. The fourth-order valence-electron chi connectivity index (χ4n) is 0.625. The van der Waals surface area contributed by atoms with Crippen LogP contribution in [0.15, 0.2) is 0 Å². The third-order valence-electron chi connectivity index (χ3n) is 1.25. The van der Waals surface area contributed by atoms with E-state index in [0.717, 1.165) is 19.3 Å². The molecule has 0 aliphatic heterocycles. The lowest BCUT2D eigenvalue weighted by Gasteiger charge is -2.03. The molecular weight excluding hydrogens is 114 g/mol. The van der Waals surface area contributed by atoms with Crippen molar-refractivity contribution in [1.82, 2.24) is 0 Å². The molecule has 0 spiro atoms. The van der Waals surface area contributed by atoms with E-state index in [1.54, 1.807) is 7.11 Å². The van der Waals surface area contributed by atoms with Gasteiger partial charge in [0.1, 0.15) is 6.10 Å². The number of nitrogens with zero attached hydrogens (tertiary/aromatic N) is 1. The zero-order valence-electron chi connectivity index (χ0n) is 6.05. The molecule has 9 heavy (non-hydrogen) atoms. The molecular formula is C7H13NO. The molecule has 1 unspecified atom stereocenters. The maximum atomic E-state index is 8.38. The lowest BCUT2D eigenvalue weighted by atomic mass is 10.2.